The summed E-state index contributed by atoms with van der Waals surface area (Å²) >= 11 is 0. The van der Waals surface area contributed by atoms with Gasteiger partial charge in [0.05, 0.1) is 7.11 Å². The molecule has 0 bridgehead atoms. The lowest BCUT2D eigenvalue weighted by Crippen LogP contribution is -2.35. The number of hydrogen-bond acceptors (Lipinski definition) is 4. The molecule has 0 unspecified atom stereocenters. The number of amides is 2. The normalized spacial score (nSPS) is 11.7. The van der Waals surface area contributed by atoms with E-state index in [1.807, 2.05) is 12.1 Å². The highest BCUT2D eigenvalue weighted by molar-refractivity contribution is 6.05. The van der Waals surface area contributed by atoms with Crippen molar-refractivity contribution in [1.82, 2.24) is 10.6 Å². The number of hydrogen-bond donors (Lipinski definition) is 3. The Hall–Kier alpha value is -3.12. The van der Waals surface area contributed by atoms with Crippen LogP contribution in [0.25, 0.3) is 6.08 Å². The third-order valence-corrected chi connectivity index (χ3v) is 4.55. The van der Waals surface area contributed by atoms with Gasteiger partial charge in [0.25, 0.3) is 11.8 Å². The molecule has 2 aromatic rings. The maximum absolute atomic E-state index is 12.7. The predicted molar refractivity (Wildman–Crippen MR) is 118 cm³/mol. The summed E-state index contributed by atoms with van der Waals surface area (Å²) in [7, 11) is 1.58. The lowest BCUT2D eigenvalue weighted by molar-refractivity contribution is -0.117. The van der Waals surface area contributed by atoms with Crippen molar-refractivity contribution in [3.63, 3.8) is 0 Å². The standard InChI is InChI=1S/C24H30N2O4/c1-24(2,3)19-10-8-18(9-11-19)22(28)26-21(23(29)25-14-5-15-27)16-17-6-12-20(30-4)13-7-17/h6-13,16,27H,5,14-15H2,1-4H3,(H,25,29)(H,26,28). The molecule has 0 aliphatic carbocycles. The first-order chi connectivity index (χ1) is 14.2. The minimum absolute atomic E-state index is 0.0129. The lowest BCUT2D eigenvalue weighted by atomic mass is 9.87. The molecule has 3 N–H and O–H groups in total. The highest BCUT2D eigenvalue weighted by Crippen LogP contribution is 2.22. The first-order valence-electron chi connectivity index (χ1n) is 9.91. The Morgan fingerprint density at radius 3 is 2.20 bits per heavy atom. The molecule has 2 amide bonds. The van der Waals surface area contributed by atoms with Gasteiger partial charge in [-0.2, -0.15) is 0 Å². The summed E-state index contributed by atoms with van der Waals surface area (Å²) in [5.74, 6) is -0.0875. The molecular formula is C24H30N2O4. The molecule has 0 atom stereocenters. The van der Waals surface area contributed by atoms with Gasteiger partial charge in [-0.3, -0.25) is 9.59 Å². The summed E-state index contributed by atoms with van der Waals surface area (Å²) in [6.45, 7) is 6.60. The van der Waals surface area contributed by atoms with Crippen LogP contribution in [0.5, 0.6) is 5.75 Å². The number of methoxy groups -OCH3 is 1. The molecule has 6 nitrogen and oxygen atoms in total. The van der Waals surface area contributed by atoms with Crippen molar-refractivity contribution in [1.29, 1.82) is 0 Å². The molecule has 0 aliphatic rings. The van der Waals surface area contributed by atoms with Gasteiger partial charge in [0, 0.05) is 18.7 Å². The van der Waals surface area contributed by atoms with E-state index in [9.17, 15) is 9.59 Å². The molecule has 2 rings (SSSR count). The number of carbonyl (C=O) groups excluding carboxylic acids is 2. The summed E-state index contributed by atoms with van der Waals surface area (Å²) in [6.07, 6.45) is 2.04. The molecule has 0 saturated heterocycles. The summed E-state index contributed by atoms with van der Waals surface area (Å²) in [5.41, 5.74) is 2.44. The fraction of sp³-hybridized carbons (Fsp3) is 0.333. The van der Waals surface area contributed by atoms with E-state index in [1.54, 1.807) is 49.6 Å². The molecule has 0 aromatic heterocycles. The Bertz CT molecular complexity index is 879. The largest absolute Gasteiger partial charge is 0.497 e. The molecule has 0 aliphatic heterocycles. The first-order valence-corrected chi connectivity index (χ1v) is 9.91. The molecule has 0 fully saturated rings. The van der Waals surface area contributed by atoms with Crippen LogP contribution in [0, 0.1) is 0 Å². The van der Waals surface area contributed by atoms with E-state index in [0.717, 1.165) is 11.1 Å². The monoisotopic (exact) mass is 410 g/mol. The SMILES string of the molecule is COc1ccc(C=C(NC(=O)c2ccc(C(C)(C)C)cc2)C(=O)NCCCO)cc1. The first kappa shape index (κ1) is 23.2. The minimum atomic E-state index is -0.418. The highest BCUT2D eigenvalue weighted by Gasteiger charge is 2.17. The average molecular weight is 411 g/mol. The van der Waals surface area contributed by atoms with Crippen molar-refractivity contribution in [3.8, 4) is 5.75 Å². The van der Waals surface area contributed by atoms with Gasteiger partial charge in [0.1, 0.15) is 11.4 Å². The molecule has 0 radical (unpaired) electrons. The van der Waals surface area contributed by atoms with Crippen molar-refractivity contribution in [3.05, 3.63) is 70.9 Å². The maximum atomic E-state index is 12.7. The van der Waals surface area contributed by atoms with E-state index in [-0.39, 0.29) is 23.6 Å². The van der Waals surface area contributed by atoms with Crippen molar-refractivity contribution in [2.24, 2.45) is 0 Å². The number of carbonyl (C=O) groups is 2. The van der Waals surface area contributed by atoms with E-state index in [0.29, 0.717) is 24.3 Å². The van der Waals surface area contributed by atoms with Crippen molar-refractivity contribution >= 4 is 17.9 Å². The summed E-state index contributed by atoms with van der Waals surface area (Å²) in [4.78, 5) is 25.3. The maximum Gasteiger partial charge on any atom is 0.267 e. The Kier molecular flexibility index (Phi) is 8.18. The second-order valence-corrected chi connectivity index (χ2v) is 7.95. The van der Waals surface area contributed by atoms with E-state index < -0.39 is 5.91 Å². The summed E-state index contributed by atoms with van der Waals surface area (Å²) in [5, 5.41) is 14.3. The highest BCUT2D eigenvalue weighted by atomic mass is 16.5. The Balaban J connectivity index is 2.23. The van der Waals surface area contributed by atoms with Gasteiger partial charge in [0.2, 0.25) is 0 Å². The second-order valence-electron chi connectivity index (χ2n) is 7.95. The summed E-state index contributed by atoms with van der Waals surface area (Å²) < 4.78 is 5.15. The van der Waals surface area contributed by atoms with Crippen LogP contribution in [0.1, 0.15) is 48.7 Å². The number of benzene rings is 2. The number of aliphatic hydroxyl groups is 1. The van der Waals surface area contributed by atoms with Crippen LogP contribution in [0.2, 0.25) is 0 Å². The topological polar surface area (TPSA) is 87.7 Å². The van der Waals surface area contributed by atoms with Crippen molar-refractivity contribution in [2.75, 3.05) is 20.3 Å². The van der Waals surface area contributed by atoms with Gasteiger partial charge < -0.3 is 20.5 Å². The van der Waals surface area contributed by atoms with Gasteiger partial charge in [0.15, 0.2) is 0 Å². The zero-order valence-electron chi connectivity index (χ0n) is 18.0. The van der Waals surface area contributed by atoms with Gasteiger partial charge >= 0.3 is 0 Å². The van der Waals surface area contributed by atoms with Crippen LogP contribution < -0.4 is 15.4 Å². The molecule has 6 heteroatoms. The number of ether oxygens (including phenoxy) is 1. The smallest absolute Gasteiger partial charge is 0.267 e. The van der Waals surface area contributed by atoms with E-state index in [1.165, 1.54) is 0 Å². The fourth-order valence-electron chi connectivity index (χ4n) is 2.72. The van der Waals surface area contributed by atoms with Crippen molar-refractivity contribution < 1.29 is 19.4 Å². The molecular weight excluding hydrogens is 380 g/mol. The molecule has 0 saturated carbocycles. The van der Waals surface area contributed by atoms with E-state index in [4.69, 9.17) is 9.84 Å². The van der Waals surface area contributed by atoms with Crippen LogP contribution in [-0.2, 0) is 10.2 Å². The second kappa shape index (κ2) is 10.6. The van der Waals surface area contributed by atoms with Crippen molar-refractivity contribution in [2.45, 2.75) is 32.6 Å². The molecule has 30 heavy (non-hydrogen) atoms. The molecule has 0 heterocycles. The minimum Gasteiger partial charge on any atom is -0.497 e. The zero-order valence-corrected chi connectivity index (χ0v) is 18.0. The molecule has 160 valence electrons. The van der Waals surface area contributed by atoms with Gasteiger partial charge in [-0.05, 0) is 53.3 Å². The third kappa shape index (κ3) is 6.74. The Labute approximate surface area is 178 Å². The van der Waals surface area contributed by atoms with Crippen LogP contribution in [0.4, 0.5) is 0 Å². The zero-order chi connectivity index (χ0) is 22.1. The van der Waals surface area contributed by atoms with Gasteiger partial charge in [-0.1, -0.05) is 45.0 Å². The number of aliphatic hydroxyl groups excluding tert-OH is 1. The quantitative estimate of drug-likeness (QED) is 0.460. The van der Waals surface area contributed by atoms with Crippen LogP contribution >= 0.6 is 0 Å². The Morgan fingerprint density at radius 1 is 1.03 bits per heavy atom. The van der Waals surface area contributed by atoms with Gasteiger partial charge in [-0.25, -0.2) is 0 Å². The summed E-state index contributed by atoms with van der Waals surface area (Å²) in [6, 6.07) is 14.5. The number of nitrogens with one attached hydrogen (secondary N) is 2. The fourth-order valence-corrected chi connectivity index (χ4v) is 2.72. The van der Waals surface area contributed by atoms with E-state index in [2.05, 4.69) is 31.4 Å². The third-order valence-electron chi connectivity index (χ3n) is 4.55. The van der Waals surface area contributed by atoms with E-state index >= 15 is 0 Å². The average Bonchev–Trinajstić information content (AvgIpc) is 2.73. The Morgan fingerprint density at radius 2 is 1.67 bits per heavy atom. The molecule has 2 aromatic carbocycles. The van der Waals surface area contributed by atoms with Gasteiger partial charge in [-0.15, -0.1) is 0 Å². The lowest BCUT2D eigenvalue weighted by Gasteiger charge is -2.19. The number of rotatable bonds is 8. The van der Waals surface area contributed by atoms with Crippen LogP contribution in [0.3, 0.4) is 0 Å². The van der Waals surface area contributed by atoms with Crippen LogP contribution in [0.15, 0.2) is 54.2 Å². The predicted octanol–water partition coefficient (Wildman–Crippen LogP) is 3.26. The van der Waals surface area contributed by atoms with Crippen LogP contribution in [-0.4, -0.2) is 37.2 Å². The molecule has 0 spiro atoms.